The summed E-state index contributed by atoms with van der Waals surface area (Å²) >= 11 is 0. The van der Waals surface area contributed by atoms with Gasteiger partial charge in [-0.15, -0.1) is 0 Å². The van der Waals surface area contributed by atoms with Crippen LogP contribution in [0.15, 0.2) is 30.0 Å². The highest BCUT2D eigenvalue weighted by atomic mass is 16.5. The first-order chi connectivity index (χ1) is 12.7. The van der Waals surface area contributed by atoms with Gasteiger partial charge >= 0.3 is 5.97 Å². The maximum Gasteiger partial charge on any atom is 0.335 e. The van der Waals surface area contributed by atoms with Gasteiger partial charge in [0.2, 0.25) is 5.91 Å². The van der Waals surface area contributed by atoms with Crippen LogP contribution in [0.5, 0.6) is 0 Å². The second-order valence-electron chi connectivity index (χ2n) is 8.53. The average Bonchev–Trinajstić information content (AvgIpc) is 3.14. The Balaban J connectivity index is 1.95. The Hall–Kier alpha value is -2.40. The lowest BCUT2D eigenvalue weighted by molar-refractivity contribution is -0.138. The number of benzene rings is 1. The van der Waals surface area contributed by atoms with E-state index >= 15 is 0 Å². The van der Waals surface area contributed by atoms with Crippen LogP contribution in [-0.2, 0) is 16.0 Å². The summed E-state index contributed by atoms with van der Waals surface area (Å²) in [5.74, 6) is -0.150. The summed E-state index contributed by atoms with van der Waals surface area (Å²) in [4.78, 5) is 27.7. The Bertz CT molecular complexity index is 991. The van der Waals surface area contributed by atoms with Crippen molar-refractivity contribution >= 4 is 28.4 Å². The molecule has 0 radical (unpaired) electrons. The molecule has 0 bridgehead atoms. The smallest absolute Gasteiger partial charge is 0.335 e. The fourth-order valence-corrected chi connectivity index (χ4v) is 4.34. The van der Waals surface area contributed by atoms with Crippen LogP contribution in [0.2, 0.25) is 0 Å². The Morgan fingerprint density at radius 3 is 2.67 bits per heavy atom. The molecule has 27 heavy (non-hydrogen) atoms. The third-order valence-electron chi connectivity index (χ3n) is 5.59. The quantitative estimate of drug-likeness (QED) is 0.763. The van der Waals surface area contributed by atoms with Gasteiger partial charge in [0.25, 0.3) is 0 Å². The highest BCUT2D eigenvalue weighted by Crippen LogP contribution is 2.44. The van der Waals surface area contributed by atoms with E-state index < -0.39 is 5.41 Å². The number of esters is 1. The van der Waals surface area contributed by atoms with E-state index in [1.165, 1.54) is 5.56 Å². The van der Waals surface area contributed by atoms with E-state index in [0.717, 1.165) is 34.0 Å². The van der Waals surface area contributed by atoms with Gasteiger partial charge in [-0.1, -0.05) is 32.9 Å². The molecule has 1 aliphatic carbocycles. The van der Waals surface area contributed by atoms with Crippen molar-refractivity contribution in [3.63, 3.8) is 0 Å². The first kappa shape index (κ1) is 18.0. The maximum absolute atomic E-state index is 13.0. The summed E-state index contributed by atoms with van der Waals surface area (Å²) in [6.45, 7) is 8.62. The number of hydrogen-bond acceptors (Lipinski definition) is 4. The lowest BCUT2D eigenvalue weighted by Crippen LogP contribution is -2.31. The second-order valence-corrected chi connectivity index (χ2v) is 8.53. The summed E-state index contributed by atoms with van der Waals surface area (Å²) in [6, 6.07) is 6.18. The minimum absolute atomic E-state index is 0.0795. The Kier molecular flexibility index (Phi) is 4.04. The number of fused-ring (bicyclic) bond motifs is 2. The predicted octanol–water partition coefficient (Wildman–Crippen LogP) is 3.51. The van der Waals surface area contributed by atoms with E-state index in [0.29, 0.717) is 13.2 Å². The molecule has 142 valence electrons. The molecule has 1 atom stereocenters. The van der Waals surface area contributed by atoms with Gasteiger partial charge in [-0.3, -0.25) is 14.3 Å². The lowest BCUT2D eigenvalue weighted by atomic mass is 9.84. The molecule has 5 heteroatoms. The third kappa shape index (κ3) is 2.64. The Morgan fingerprint density at radius 1 is 1.26 bits per heavy atom. The van der Waals surface area contributed by atoms with Gasteiger partial charge in [-0.2, -0.15) is 0 Å². The molecule has 5 nitrogen and oxygen atoms in total. The number of carbonyl (C=O) groups excluding carboxylic acids is 2. The zero-order valence-electron chi connectivity index (χ0n) is 16.6. The van der Waals surface area contributed by atoms with Crippen LogP contribution >= 0.6 is 0 Å². The zero-order chi connectivity index (χ0) is 19.5. The molecule has 0 saturated carbocycles. The monoisotopic (exact) mass is 366 g/mol. The molecule has 1 aliphatic heterocycles. The summed E-state index contributed by atoms with van der Waals surface area (Å²) in [6.07, 6.45) is 2.79. The highest BCUT2D eigenvalue weighted by Gasteiger charge is 2.40. The molecule has 0 fully saturated rings. The molecular weight excluding hydrogens is 340 g/mol. The molecule has 1 aromatic carbocycles. The zero-order valence-corrected chi connectivity index (χ0v) is 16.6. The van der Waals surface area contributed by atoms with Crippen LogP contribution in [0.1, 0.15) is 43.6 Å². The van der Waals surface area contributed by atoms with Crippen LogP contribution in [0.25, 0.3) is 16.5 Å². The van der Waals surface area contributed by atoms with Crippen LogP contribution in [0, 0.1) is 5.41 Å². The standard InChI is InChI=1S/C22H26N2O3/c1-6-27-20(25)15-12-23(5)17-10-13-11-24(21(26)22(2,3)4)16-9-7-8-14(18(13)16)19(15)17/h7-9,11,17H,6,10,12H2,1-5H3. The van der Waals surface area contributed by atoms with Crippen LogP contribution in [-0.4, -0.2) is 47.6 Å². The minimum Gasteiger partial charge on any atom is -0.463 e. The number of carbonyl (C=O) groups is 2. The molecule has 2 aromatic rings. The molecule has 2 heterocycles. The Labute approximate surface area is 159 Å². The lowest BCUT2D eigenvalue weighted by Gasteiger charge is -2.27. The highest BCUT2D eigenvalue weighted by molar-refractivity contribution is 6.09. The van der Waals surface area contributed by atoms with E-state index in [1.807, 2.05) is 53.1 Å². The first-order valence-electron chi connectivity index (χ1n) is 9.52. The molecular formula is C22H26N2O3. The SMILES string of the molecule is CCOC(=O)C1=C2c3cccc4c3c(cn4C(=O)C(C)(C)C)CC2N(C)C1. The molecule has 0 spiro atoms. The first-order valence-corrected chi connectivity index (χ1v) is 9.52. The summed E-state index contributed by atoms with van der Waals surface area (Å²) < 4.78 is 7.10. The van der Waals surface area contributed by atoms with Gasteiger partial charge in [-0.05, 0) is 43.2 Å². The number of hydrogen-bond donors (Lipinski definition) is 0. The third-order valence-corrected chi connectivity index (χ3v) is 5.59. The van der Waals surface area contributed by atoms with Crippen molar-refractivity contribution in [3.05, 3.63) is 41.1 Å². The van der Waals surface area contributed by atoms with Crippen LogP contribution < -0.4 is 0 Å². The number of aromatic nitrogens is 1. The number of rotatable bonds is 2. The summed E-state index contributed by atoms with van der Waals surface area (Å²) in [7, 11) is 2.04. The molecule has 1 unspecified atom stereocenters. The van der Waals surface area contributed by atoms with Crippen molar-refractivity contribution in [1.82, 2.24) is 9.47 Å². The van der Waals surface area contributed by atoms with E-state index in [4.69, 9.17) is 4.74 Å². The van der Waals surface area contributed by atoms with Gasteiger partial charge < -0.3 is 4.74 Å². The summed E-state index contributed by atoms with van der Waals surface area (Å²) in [5, 5.41) is 1.10. The second kappa shape index (κ2) is 6.06. The van der Waals surface area contributed by atoms with Gasteiger partial charge in [-0.25, -0.2) is 4.79 Å². The molecule has 0 saturated heterocycles. The van der Waals surface area contributed by atoms with Gasteiger partial charge in [0.15, 0.2) is 0 Å². The molecule has 0 amide bonds. The normalized spacial score (nSPS) is 19.5. The number of likely N-dealkylation sites (N-methyl/N-ethyl adjacent to an activating group) is 1. The van der Waals surface area contributed by atoms with Crippen molar-refractivity contribution in [2.75, 3.05) is 20.2 Å². The van der Waals surface area contributed by atoms with E-state index in [-0.39, 0.29) is 17.9 Å². The molecule has 2 aliphatic rings. The van der Waals surface area contributed by atoms with Gasteiger partial charge in [0.05, 0.1) is 17.7 Å². The van der Waals surface area contributed by atoms with Crippen molar-refractivity contribution in [1.29, 1.82) is 0 Å². The fraction of sp³-hybridized carbons (Fsp3) is 0.455. The number of ether oxygens (including phenoxy) is 1. The van der Waals surface area contributed by atoms with Gasteiger partial charge in [0.1, 0.15) is 0 Å². The maximum atomic E-state index is 13.0. The Morgan fingerprint density at radius 2 is 2.00 bits per heavy atom. The average molecular weight is 366 g/mol. The van der Waals surface area contributed by atoms with Crippen molar-refractivity contribution < 1.29 is 14.3 Å². The summed E-state index contributed by atoms with van der Waals surface area (Å²) in [5.41, 5.74) is 4.50. The fourth-order valence-electron chi connectivity index (χ4n) is 4.34. The van der Waals surface area contributed by atoms with E-state index in [2.05, 4.69) is 11.0 Å². The molecule has 0 N–H and O–H groups in total. The van der Waals surface area contributed by atoms with Crippen molar-refractivity contribution in [2.45, 2.75) is 40.2 Å². The molecule has 4 rings (SSSR count). The van der Waals surface area contributed by atoms with Crippen LogP contribution in [0.3, 0.4) is 0 Å². The predicted molar refractivity (Wildman–Crippen MR) is 106 cm³/mol. The topological polar surface area (TPSA) is 51.5 Å². The van der Waals surface area contributed by atoms with Crippen molar-refractivity contribution in [2.24, 2.45) is 5.41 Å². The van der Waals surface area contributed by atoms with Crippen molar-refractivity contribution in [3.8, 4) is 0 Å². The van der Waals surface area contributed by atoms with E-state index in [1.54, 1.807) is 4.57 Å². The largest absolute Gasteiger partial charge is 0.463 e. The van der Waals surface area contributed by atoms with Crippen LogP contribution in [0.4, 0.5) is 0 Å². The molecule has 1 aromatic heterocycles. The van der Waals surface area contributed by atoms with Gasteiger partial charge in [0, 0.05) is 29.6 Å². The number of nitrogens with zero attached hydrogens (tertiary/aromatic N) is 2. The van der Waals surface area contributed by atoms with E-state index in [9.17, 15) is 9.59 Å². The minimum atomic E-state index is -0.463.